The van der Waals surface area contributed by atoms with E-state index in [0.717, 1.165) is 44.5 Å². The third kappa shape index (κ3) is 4.91. The average molecular weight is 433 g/mol. The topological polar surface area (TPSA) is 40.5 Å². The van der Waals surface area contributed by atoms with Crippen molar-refractivity contribution in [3.8, 4) is 33.8 Å². The second-order valence-corrected chi connectivity index (χ2v) is 8.20. The predicted molar refractivity (Wildman–Crippen MR) is 138 cm³/mol. The molecule has 2 nitrogen and oxygen atoms in total. The van der Waals surface area contributed by atoms with Gasteiger partial charge in [0.1, 0.15) is 11.5 Å². The molecule has 4 aromatic rings. The van der Waals surface area contributed by atoms with Gasteiger partial charge in [0, 0.05) is 11.1 Å². The van der Waals surface area contributed by atoms with Gasteiger partial charge < -0.3 is 10.2 Å². The molecule has 0 aliphatic rings. The molecule has 0 bridgehead atoms. The summed E-state index contributed by atoms with van der Waals surface area (Å²) in [5.74, 6) is 0.598. The van der Waals surface area contributed by atoms with Crippen LogP contribution in [0.5, 0.6) is 11.5 Å². The lowest BCUT2D eigenvalue weighted by molar-refractivity contribution is 0.471. The van der Waals surface area contributed by atoms with E-state index in [1.165, 1.54) is 0 Å². The Labute approximate surface area is 195 Å². The molecule has 0 unspecified atom stereocenters. The zero-order chi connectivity index (χ0) is 23.2. The molecule has 4 rings (SSSR count). The minimum atomic E-state index is 0.299. The summed E-state index contributed by atoms with van der Waals surface area (Å²) in [6, 6.07) is 28.1. The van der Waals surface area contributed by atoms with E-state index < -0.39 is 0 Å². The van der Waals surface area contributed by atoms with Gasteiger partial charge in [0.15, 0.2) is 0 Å². The van der Waals surface area contributed by atoms with Crippen LogP contribution in [0.15, 0.2) is 110 Å². The quantitative estimate of drug-likeness (QED) is 0.283. The fourth-order valence-corrected chi connectivity index (χ4v) is 4.26. The van der Waals surface area contributed by atoms with Crippen molar-refractivity contribution in [2.75, 3.05) is 0 Å². The first-order valence-electron chi connectivity index (χ1n) is 11.1. The maximum absolute atomic E-state index is 10.9. The van der Waals surface area contributed by atoms with E-state index in [1.807, 2.05) is 84.9 Å². The highest BCUT2D eigenvalue weighted by Crippen LogP contribution is 2.37. The molecule has 0 saturated carbocycles. The lowest BCUT2D eigenvalue weighted by Gasteiger charge is -2.15. The fourth-order valence-electron chi connectivity index (χ4n) is 4.26. The molecule has 0 aromatic heterocycles. The minimum absolute atomic E-state index is 0.299. The summed E-state index contributed by atoms with van der Waals surface area (Å²) >= 11 is 0. The number of aromatic hydroxyl groups is 2. The van der Waals surface area contributed by atoms with Crippen LogP contribution in [0.2, 0.25) is 0 Å². The molecular weight excluding hydrogens is 404 g/mol. The van der Waals surface area contributed by atoms with Crippen LogP contribution in [-0.4, -0.2) is 10.2 Å². The van der Waals surface area contributed by atoms with Gasteiger partial charge in [-0.05, 0) is 64.8 Å². The standard InChI is InChI=1S/C31H28O2/c1-3-11-26-18-22(20-28(30(26)32)24-13-7-5-8-14-24)17-23-19-27(12-4-2)31(33)29(21-23)25-15-9-6-10-16-25/h3-10,13-16,18-21,32-33H,1-2,11-12,17H2. The largest absolute Gasteiger partial charge is 0.507 e. The van der Waals surface area contributed by atoms with Gasteiger partial charge in [-0.25, -0.2) is 0 Å². The van der Waals surface area contributed by atoms with E-state index >= 15 is 0 Å². The highest BCUT2D eigenvalue weighted by Gasteiger charge is 2.15. The second-order valence-electron chi connectivity index (χ2n) is 8.20. The van der Waals surface area contributed by atoms with Gasteiger partial charge in [0.2, 0.25) is 0 Å². The highest BCUT2D eigenvalue weighted by atomic mass is 16.3. The molecule has 0 spiro atoms. The van der Waals surface area contributed by atoms with Crippen LogP contribution in [0, 0.1) is 0 Å². The molecule has 0 radical (unpaired) electrons. The van der Waals surface area contributed by atoms with E-state index in [0.29, 0.717) is 30.8 Å². The Morgan fingerprint density at radius 3 is 1.33 bits per heavy atom. The molecule has 0 amide bonds. The Kier molecular flexibility index (Phi) is 6.75. The summed E-state index contributed by atoms with van der Waals surface area (Å²) in [6.07, 6.45) is 5.47. The predicted octanol–water partition coefficient (Wildman–Crippen LogP) is 7.48. The van der Waals surface area contributed by atoms with Crippen LogP contribution in [0.4, 0.5) is 0 Å². The van der Waals surface area contributed by atoms with Crippen molar-refractivity contribution in [1.29, 1.82) is 0 Å². The number of benzene rings is 4. The second kappa shape index (κ2) is 10.1. The summed E-state index contributed by atoms with van der Waals surface area (Å²) in [7, 11) is 0. The van der Waals surface area contributed by atoms with Crippen molar-refractivity contribution in [3.63, 3.8) is 0 Å². The summed E-state index contributed by atoms with van der Waals surface area (Å²) in [5, 5.41) is 21.8. The normalized spacial score (nSPS) is 10.7. The van der Waals surface area contributed by atoms with Crippen LogP contribution in [0.25, 0.3) is 22.3 Å². The van der Waals surface area contributed by atoms with Crippen molar-refractivity contribution in [1.82, 2.24) is 0 Å². The summed E-state index contributed by atoms with van der Waals surface area (Å²) in [6.45, 7) is 7.70. The Morgan fingerprint density at radius 1 is 0.576 bits per heavy atom. The zero-order valence-corrected chi connectivity index (χ0v) is 18.7. The first-order chi connectivity index (χ1) is 16.1. The van der Waals surface area contributed by atoms with Gasteiger partial charge in [-0.3, -0.25) is 0 Å². The van der Waals surface area contributed by atoms with Crippen LogP contribution in [-0.2, 0) is 19.3 Å². The third-order valence-electron chi connectivity index (χ3n) is 5.80. The molecule has 0 aliphatic carbocycles. The van der Waals surface area contributed by atoms with Gasteiger partial charge in [0.25, 0.3) is 0 Å². The lowest BCUT2D eigenvalue weighted by atomic mass is 9.91. The molecule has 0 saturated heterocycles. The van der Waals surface area contributed by atoms with Gasteiger partial charge in [-0.15, -0.1) is 13.2 Å². The van der Waals surface area contributed by atoms with Gasteiger partial charge >= 0.3 is 0 Å². The Hall–Kier alpha value is -4.04. The van der Waals surface area contributed by atoms with E-state index in [1.54, 1.807) is 0 Å². The first-order valence-corrected chi connectivity index (χ1v) is 11.1. The highest BCUT2D eigenvalue weighted by molar-refractivity contribution is 5.74. The number of hydrogen-bond donors (Lipinski definition) is 2. The van der Waals surface area contributed by atoms with Gasteiger partial charge in [-0.2, -0.15) is 0 Å². The van der Waals surface area contributed by atoms with E-state index in [9.17, 15) is 10.2 Å². The van der Waals surface area contributed by atoms with Crippen LogP contribution < -0.4 is 0 Å². The molecule has 0 heterocycles. The third-order valence-corrected chi connectivity index (χ3v) is 5.80. The zero-order valence-electron chi connectivity index (χ0n) is 18.7. The van der Waals surface area contributed by atoms with Crippen molar-refractivity contribution >= 4 is 0 Å². The number of hydrogen-bond acceptors (Lipinski definition) is 2. The summed E-state index contributed by atoms with van der Waals surface area (Å²) in [5.41, 5.74) is 7.49. The van der Waals surface area contributed by atoms with E-state index in [2.05, 4.69) is 25.3 Å². The number of phenolic OH excluding ortho intramolecular Hbond substituents is 2. The van der Waals surface area contributed by atoms with Crippen LogP contribution >= 0.6 is 0 Å². The fraction of sp³-hybridized carbons (Fsp3) is 0.0968. The molecule has 0 fully saturated rings. The van der Waals surface area contributed by atoms with Gasteiger partial charge in [-0.1, -0.05) is 84.9 Å². The maximum Gasteiger partial charge on any atom is 0.126 e. The monoisotopic (exact) mass is 432 g/mol. The van der Waals surface area contributed by atoms with E-state index in [-0.39, 0.29) is 0 Å². The van der Waals surface area contributed by atoms with Crippen LogP contribution in [0.1, 0.15) is 22.3 Å². The molecule has 2 N–H and O–H groups in total. The van der Waals surface area contributed by atoms with Crippen molar-refractivity contribution in [2.45, 2.75) is 19.3 Å². The number of rotatable bonds is 8. The lowest BCUT2D eigenvalue weighted by Crippen LogP contribution is -1.97. The van der Waals surface area contributed by atoms with E-state index in [4.69, 9.17) is 0 Å². The first kappa shape index (κ1) is 22.2. The number of allylic oxidation sites excluding steroid dienone is 2. The maximum atomic E-state index is 10.9. The van der Waals surface area contributed by atoms with Crippen molar-refractivity contribution in [2.24, 2.45) is 0 Å². The Balaban J connectivity index is 1.81. The van der Waals surface area contributed by atoms with Crippen molar-refractivity contribution in [3.05, 3.63) is 132 Å². The molecule has 164 valence electrons. The van der Waals surface area contributed by atoms with Crippen LogP contribution in [0.3, 0.4) is 0 Å². The van der Waals surface area contributed by atoms with Gasteiger partial charge in [0.05, 0.1) is 0 Å². The molecule has 0 aliphatic heterocycles. The SMILES string of the molecule is C=CCc1cc(Cc2cc(CC=C)c(O)c(-c3ccccc3)c2)cc(-c2ccccc2)c1O. The molecule has 33 heavy (non-hydrogen) atoms. The molecular formula is C31H28O2. The smallest absolute Gasteiger partial charge is 0.126 e. The number of phenols is 2. The minimum Gasteiger partial charge on any atom is -0.507 e. The Bertz CT molecular complexity index is 1170. The van der Waals surface area contributed by atoms with Crippen molar-refractivity contribution < 1.29 is 10.2 Å². The summed E-state index contributed by atoms with van der Waals surface area (Å²) < 4.78 is 0. The summed E-state index contributed by atoms with van der Waals surface area (Å²) in [4.78, 5) is 0. The molecule has 0 atom stereocenters. The molecule has 4 aromatic carbocycles. The molecule has 2 heteroatoms. The Morgan fingerprint density at radius 2 is 0.970 bits per heavy atom. The average Bonchev–Trinajstić information content (AvgIpc) is 2.84.